The van der Waals surface area contributed by atoms with Crippen molar-refractivity contribution in [2.24, 2.45) is 11.7 Å². The molecule has 1 saturated heterocycles. The number of amides is 1. The summed E-state index contributed by atoms with van der Waals surface area (Å²) < 4.78 is 14.1. The lowest BCUT2D eigenvalue weighted by atomic mass is 10.0. The van der Waals surface area contributed by atoms with Crippen molar-refractivity contribution in [2.75, 3.05) is 13.1 Å². The molecule has 0 spiro atoms. The summed E-state index contributed by atoms with van der Waals surface area (Å²) in [6, 6.07) is 4.88. The van der Waals surface area contributed by atoms with Crippen molar-refractivity contribution in [1.29, 1.82) is 0 Å². The molecule has 0 aromatic heterocycles. The van der Waals surface area contributed by atoms with E-state index in [1.807, 2.05) is 0 Å². The molecule has 1 heterocycles. The summed E-state index contributed by atoms with van der Waals surface area (Å²) in [5.41, 5.74) is 6.44. The number of halogens is 1. The molecule has 1 atom stereocenters. The number of rotatable bonds is 4. The third kappa shape index (κ3) is 4.05. The van der Waals surface area contributed by atoms with Crippen LogP contribution < -0.4 is 5.73 Å². The summed E-state index contributed by atoms with van der Waals surface area (Å²) in [6.07, 6.45) is 2.72. The van der Waals surface area contributed by atoms with E-state index in [0.717, 1.165) is 19.4 Å². The number of carbonyl (C=O) groups is 1. The first-order valence-electron chi connectivity index (χ1n) is 7.39. The Bertz CT molecular complexity index is 574. The van der Waals surface area contributed by atoms with Gasteiger partial charge in [-0.3, -0.25) is 4.79 Å². The van der Waals surface area contributed by atoms with Gasteiger partial charge in [0, 0.05) is 30.6 Å². The fourth-order valence-electron chi connectivity index (χ4n) is 2.72. The molecule has 4 heteroatoms. The minimum atomic E-state index is -0.314. The Kier molecular flexibility index (Phi) is 5.35. The zero-order valence-electron chi connectivity index (χ0n) is 12.4. The molecule has 1 amide bonds. The Morgan fingerprint density at radius 2 is 2.29 bits per heavy atom. The summed E-state index contributed by atoms with van der Waals surface area (Å²) in [5.74, 6) is 5.73. The summed E-state index contributed by atoms with van der Waals surface area (Å²) in [4.78, 5) is 13.7. The molecule has 112 valence electrons. The van der Waals surface area contributed by atoms with Crippen LogP contribution in [0, 0.1) is 23.6 Å². The van der Waals surface area contributed by atoms with Gasteiger partial charge in [-0.15, -0.1) is 0 Å². The second-order valence-electron chi connectivity index (χ2n) is 5.45. The van der Waals surface area contributed by atoms with Gasteiger partial charge in [0.05, 0.1) is 6.54 Å². The molecule has 0 radical (unpaired) electrons. The van der Waals surface area contributed by atoms with E-state index in [4.69, 9.17) is 5.73 Å². The standard InChI is InChI=1S/C17H21FN2O/c1-2-4-14-10-17(21)20(11-14)12-15-7-6-13(5-3-8-19)9-16(15)18/h6-7,9,14H,2,4,8,10-12,19H2,1H3. The number of nitrogens with two attached hydrogens (primary N) is 1. The van der Waals surface area contributed by atoms with Crippen molar-refractivity contribution >= 4 is 5.91 Å². The number of likely N-dealkylation sites (tertiary alicyclic amines) is 1. The third-order valence-corrected chi connectivity index (χ3v) is 3.74. The Hall–Kier alpha value is -1.86. The Morgan fingerprint density at radius 3 is 2.95 bits per heavy atom. The largest absolute Gasteiger partial charge is 0.338 e. The number of hydrogen-bond donors (Lipinski definition) is 1. The molecule has 1 unspecified atom stereocenters. The van der Waals surface area contributed by atoms with Gasteiger partial charge >= 0.3 is 0 Å². The monoisotopic (exact) mass is 288 g/mol. The van der Waals surface area contributed by atoms with Gasteiger partial charge in [0.1, 0.15) is 5.82 Å². The average Bonchev–Trinajstić information content (AvgIpc) is 2.80. The zero-order valence-corrected chi connectivity index (χ0v) is 12.4. The van der Waals surface area contributed by atoms with E-state index < -0.39 is 0 Å². The quantitative estimate of drug-likeness (QED) is 0.864. The first-order chi connectivity index (χ1) is 10.1. The third-order valence-electron chi connectivity index (χ3n) is 3.74. The average molecular weight is 288 g/mol. The molecule has 21 heavy (non-hydrogen) atoms. The number of hydrogen-bond acceptors (Lipinski definition) is 2. The highest BCUT2D eigenvalue weighted by Gasteiger charge is 2.29. The Labute approximate surface area is 125 Å². The maximum absolute atomic E-state index is 14.1. The van der Waals surface area contributed by atoms with Gasteiger partial charge in [0.2, 0.25) is 5.91 Å². The van der Waals surface area contributed by atoms with Crippen LogP contribution >= 0.6 is 0 Å². The molecule has 1 aliphatic heterocycles. The van der Waals surface area contributed by atoms with E-state index in [1.165, 1.54) is 6.07 Å². The fourth-order valence-corrected chi connectivity index (χ4v) is 2.72. The van der Waals surface area contributed by atoms with Gasteiger partial charge in [0.25, 0.3) is 0 Å². The second-order valence-corrected chi connectivity index (χ2v) is 5.45. The molecule has 0 bridgehead atoms. The van der Waals surface area contributed by atoms with Crippen molar-refractivity contribution in [2.45, 2.75) is 32.7 Å². The topological polar surface area (TPSA) is 46.3 Å². The molecule has 1 fully saturated rings. The Morgan fingerprint density at radius 1 is 1.48 bits per heavy atom. The number of nitrogens with zero attached hydrogens (tertiary/aromatic N) is 1. The smallest absolute Gasteiger partial charge is 0.223 e. The minimum absolute atomic E-state index is 0.125. The summed E-state index contributed by atoms with van der Waals surface area (Å²) >= 11 is 0. The predicted molar refractivity (Wildman–Crippen MR) is 80.8 cm³/mol. The molecule has 2 rings (SSSR count). The van der Waals surface area contributed by atoms with Crippen LogP contribution in [0.1, 0.15) is 37.3 Å². The Balaban J connectivity index is 2.05. The summed E-state index contributed by atoms with van der Waals surface area (Å²) in [7, 11) is 0. The van der Waals surface area contributed by atoms with Gasteiger partial charge in [-0.05, 0) is 24.5 Å². The molecule has 1 aliphatic rings. The molecule has 0 aliphatic carbocycles. The van der Waals surface area contributed by atoms with Gasteiger partial charge in [0.15, 0.2) is 0 Å². The van der Waals surface area contributed by atoms with Gasteiger partial charge in [-0.25, -0.2) is 4.39 Å². The molecule has 0 saturated carbocycles. The number of benzene rings is 1. The van der Waals surface area contributed by atoms with Gasteiger partial charge in [-0.2, -0.15) is 0 Å². The molecular formula is C17H21FN2O. The van der Waals surface area contributed by atoms with Crippen LogP contribution in [0.25, 0.3) is 0 Å². The lowest BCUT2D eigenvalue weighted by molar-refractivity contribution is -0.128. The van der Waals surface area contributed by atoms with E-state index in [-0.39, 0.29) is 18.3 Å². The normalized spacial score (nSPS) is 17.8. The molecule has 3 nitrogen and oxygen atoms in total. The second kappa shape index (κ2) is 7.24. The van der Waals surface area contributed by atoms with Crippen molar-refractivity contribution in [3.05, 3.63) is 35.1 Å². The van der Waals surface area contributed by atoms with E-state index >= 15 is 0 Å². The summed E-state index contributed by atoms with van der Waals surface area (Å²) in [6.45, 7) is 3.45. The SMILES string of the molecule is CCCC1CC(=O)N(Cc2ccc(C#CCN)cc2F)C1. The van der Waals surface area contributed by atoms with Crippen molar-refractivity contribution < 1.29 is 9.18 Å². The van der Waals surface area contributed by atoms with Crippen LogP contribution in [0.15, 0.2) is 18.2 Å². The van der Waals surface area contributed by atoms with Gasteiger partial charge in [-0.1, -0.05) is 31.3 Å². The van der Waals surface area contributed by atoms with Crippen molar-refractivity contribution in [3.8, 4) is 11.8 Å². The highest BCUT2D eigenvalue weighted by atomic mass is 19.1. The first-order valence-corrected chi connectivity index (χ1v) is 7.39. The molecule has 1 aromatic rings. The maximum Gasteiger partial charge on any atom is 0.223 e. The molecular weight excluding hydrogens is 267 g/mol. The first kappa shape index (κ1) is 15.5. The van der Waals surface area contributed by atoms with E-state index in [9.17, 15) is 9.18 Å². The van der Waals surface area contributed by atoms with E-state index in [1.54, 1.807) is 17.0 Å². The van der Waals surface area contributed by atoms with Crippen molar-refractivity contribution in [3.63, 3.8) is 0 Å². The van der Waals surface area contributed by atoms with Gasteiger partial charge < -0.3 is 10.6 Å². The fraction of sp³-hybridized carbons (Fsp3) is 0.471. The minimum Gasteiger partial charge on any atom is -0.338 e. The molecule has 1 aromatic carbocycles. The van der Waals surface area contributed by atoms with Crippen LogP contribution in [0.5, 0.6) is 0 Å². The van der Waals surface area contributed by atoms with E-state index in [2.05, 4.69) is 18.8 Å². The summed E-state index contributed by atoms with van der Waals surface area (Å²) in [5, 5.41) is 0. The van der Waals surface area contributed by atoms with Crippen LogP contribution in [-0.2, 0) is 11.3 Å². The maximum atomic E-state index is 14.1. The van der Waals surface area contributed by atoms with Crippen LogP contribution in [0.2, 0.25) is 0 Å². The number of carbonyl (C=O) groups excluding carboxylic acids is 1. The van der Waals surface area contributed by atoms with Crippen LogP contribution in [0.3, 0.4) is 0 Å². The van der Waals surface area contributed by atoms with Crippen LogP contribution in [-0.4, -0.2) is 23.9 Å². The van der Waals surface area contributed by atoms with E-state index in [0.29, 0.717) is 30.0 Å². The highest BCUT2D eigenvalue weighted by molar-refractivity contribution is 5.78. The van der Waals surface area contributed by atoms with Crippen molar-refractivity contribution in [1.82, 2.24) is 4.90 Å². The highest BCUT2D eigenvalue weighted by Crippen LogP contribution is 2.24. The lowest BCUT2D eigenvalue weighted by Crippen LogP contribution is -2.25. The zero-order chi connectivity index (χ0) is 15.2. The van der Waals surface area contributed by atoms with Crippen LogP contribution in [0.4, 0.5) is 4.39 Å². The molecule has 2 N–H and O–H groups in total. The lowest BCUT2D eigenvalue weighted by Gasteiger charge is -2.17. The predicted octanol–water partition coefficient (Wildman–Crippen LogP) is 2.28.